The summed E-state index contributed by atoms with van der Waals surface area (Å²) in [5, 5.41) is 0.570. The molecule has 162 valence electrons. The van der Waals surface area contributed by atoms with Gasteiger partial charge in [-0.15, -0.1) is 0 Å². The second kappa shape index (κ2) is 8.67. The van der Waals surface area contributed by atoms with E-state index in [1.807, 2.05) is 66.6 Å². The predicted molar refractivity (Wildman–Crippen MR) is 129 cm³/mol. The van der Waals surface area contributed by atoms with Gasteiger partial charge in [-0.3, -0.25) is 14.2 Å². The van der Waals surface area contributed by atoms with Crippen molar-refractivity contribution in [1.29, 1.82) is 0 Å². The lowest BCUT2D eigenvalue weighted by Crippen LogP contribution is -2.36. The van der Waals surface area contributed by atoms with E-state index in [1.165, 1.54) is 17.3 Å². The smallest absolute Gasteiger partial charge is 0.278 e. The molecule has 1 aliphatic heterocycles. The van der Waals surface area contributed by atoms with E-state index in [9.17, 15) is 9.59 Å². The third-order valence-corrected chi connectivity index (χ3v) is 6.85. The van der Waals surface area contributed by atoms with Crippen LogP contribution in [0.1, 0.15) is 18.9 Å². The van der Waals surface area contributed by atoms with Gasteiger partial charge < -0.3 is 9.88 Å². The predicted octanol–water partition coefficient (Wildman–Crippen LogP) is 4.48. The van der Waals surface area contributed by atoms with Gasteiger partial charge in [0.25, 0.3) is 5.56 Å². The molecule has 0 aliphatic carbocycles. The number of hydrogen-bond acceptors (Lipinski definition) is 4. The highest BCUT2D eigenvalue weighted by molar-refractivity contribution is 7.99. The zero-order valence-electron chi connectivity index (χ0n) is 17.9. The van der Waals surface area contributed by atoms with Crippen LogP contribution in [-0.2, 0) is 17.8 Å². The first-order valence-corrected chi connectivity index (χ1v) is 11.8. The van der Waals surface area contributed by atoms with Crippen LogP contribution < -0.4 is 10.5 Å². The molecule has 1 N–H and O–H groups in total. The minimum atomic E-state index is -0.113. The Balaban J connectivity index is 1.47. The van der Waals surface area contributed by atoms with E-state index in [-0.39, 0.29) is 17.2 Å². The summed E-state index contributed by atoms with van der Waals surface area (Å²) in [6.07, 6.45) is 3.79. The number of nitrogens with one attached hydrogen (secondary N) is 1. The minimum absolute atomic E-state index is 0.0384. The number of carbonyl (C=O) groups is 1. The number of anilines is 1. The third-order valence-electron chi connectivity index (χ3n) is 5.89. The number of H-pyrrole nitrogens is 1. The average molecular weight is 445 g/mol. The maximum atomic E-state index is 13.1. The van der Waals surface area contributed by atoms with Crippen LogP contribution in [0.3, 0.4) is 0 Å². The molecule has 2 aromatic carbocycles. The van der Waals surface area contributed by atoms with E-state index in [2.05, 4.69) is 11.1 Å². The molecule has 32 heavy (non-hydrogen) atoms. The maximum Gasteiger partial charge on any atom is 0.278 e. The SMILES string of the molecule is CCn1c(SCC(=O)N2CCCc3ccccc32)nc2c(-c3ccccc3)c[nH]c2c1=O. The lowest BCUT2D eigenvalue weighted by molar-refractivity contribution is -0.116. The van der Waals surface area contributed by atoms with Gasteiger partial charge in [0.05, 0.1) is 5.75 Å². The molecule has 0 saturated heterocycles. The summed E-state index contributed by atoms with van der Waals surface area (Å²) in [5.41, 5.74) is 5.11. The quantitative estimate of drug-likeness (QED) is 0.364. The number of aromatic amines is 1. The highest BCUT2D eigenvalue weighted by atomic mass is 32.2. The first-order chi connectivity index (χ1) is 15.7. The Morgan fingerprint density at radius 3 is 2.72 bits per heavy atom. The summed E-state index contributed by atoms with van der Waals surface area (Å²) in [5.74, 6) is 0.272. The van der Waals surface area contributed by atoms with E-state index in [1.54, 1.807) is 4.57 Å². The van der Waals surface area contributed by atoms with E-state index < -0.39 is 0 Å². The van der Waals surface area contributed by atoms with Gasteiger partial charge in [-0.2, -0.15) is 0 Å². The summed E-state index contributed by atoms with van der Waals surface area (Å²) < 4.78 is 1.63. The first-order valence-electron chi connectivity index (χ1n) is 10.9. The molecule has 0 radical (unpaired) electrons. The molecule has 4 aromatic rings. The fraction of sp³-hybridized carbons (Fsp3) is 0.240. The fourth-order valence-electron chi connectivity index (χ4n) is 4.30. The fourth-order valence-corrected chi connectivity index (χ4v) is 5.23. The van der Waals surface area contributed by atoms with Crippen LogP contribution >= 0.6 is 11.8 Å². The van der Waals surface area contributed by atoms with Gasteiger partial charge in [0.15, 0.2) is 5.16 Å². The molecule has 0 bridgehead atoms. The number of aryl methyl sites for hydroxylation is 1. The van der Waals surface area contributed by atoms with Crippen LogP contribution in [0.5, 0.6) is 0 Å². The zero-order chi connectivity index (χ0) is 22.1. The molecule has 0 spiro atoms. The summed E-state index contributed by atoms with van der Waals surface area (Å²) in [6.45, 7) is 3.13. The third kappa shape index (κ3) is 3.62. The molecule has 6 nitrogen and oxygen atoms in total. The molecule has 1 amide bonds. The Labute approximate surface area is 190 Å². The first kappa shape index (κ1) is 20.6. The van der Waals surface area contributed by atoms with Gasteiger partial charge >= 0.3 is 0 Å². The molecule has 0 unspecified atom stereocenters. The molecule has 2 aromatic heterocycles. The number of fused-ring (bicyclic) bond motifs is 2. The summed E-state index contributed by atoms with van der Waals surface area (Å²) in [7, 11) is 0. The molecule has 0 fully saturated rings. The highest BCUT2D eigenvalue weighted by Crippen LogP contribution is 2.30. The van der Waals surface area contributed by atoms with Crippen LogP contribution in [0.15, 0.2) is 70.7 Å². The normalized spacial score (nSPS) is 13.3. The molecule has 0 atom stereocenters. The lowest BCUT2D eigenvalue weighted by atomic mass is 10.0. The van der Waals surface area contributed by atoms with Crippen molar-refractivity contribution in [2.45, 2.75) is 31.5 Å². The van der Waals surface area contributed by atoms with Crippen LogP contribution in [0, 0.1) is 0 Å². The number of carbonyl (C=O) groups excluding carboxylic acids is 1. The Morgan fingerprint density at radius 2 is 1.91 bits per heavy atom. The second-order valence-electron chi connectivity index (χ2n) is 7.80. The number of nitrogens with zero attached hydrogens (tertiary/aromatic N) is 3. The van der Waals surface area contributed by atoms with Crippen molar-refractivity contribution in [3.63, 3.8) is 0 Å². The van der Waals surface area contributed by atoms with Crippen molar-refractivity contribution < 1.29 is 4.79 Å². The molecule has 7 heteroatoms. The number of para-hydroxylation sites is 1. The molecular formula is C25H24N4O2S. The summed E-state index contributed by atoms with van der Waals surface area (Å²) in [4.78, 5) is 36.0. The van der Waals surface area contributed by atoms with Crippen molar-refractivity contribution in [2.24, 2.45) is 0 Å². The van der Waals surface area contributed by atoms with E-state index >= 15 is 0 Å². The Bertz CT molecular complexity index is 1340. The average Bonchev–Trinajstić information content (AvgIpc) is 3.27. The number of thioether (sulfide) groups is 1. The highest BCUT2D eigenvalue weighted by Gasteiger charge is 2.23. The van der Waals surface area contributed by atoms with Crippen LogP contribution in [0.2, 0.25) is 0 Å². The standard InChI is InChI=1S/C25H24N4O2S/c1-2-28-24(31)23-22(19(15-26-23)17-9-4-3-5-10-17)27-25(28)32-16-21(30)29-14-8-12-18-11-6-7-13-20(18)29/h3-7,9-11,13,15,26H,2,8,12,14,16H2,1H3. The Kier molecular flexibility index (Phi) is 5.57. The van der Waals surface area contributed by atoms with Crippen LogP contribution in [-0.4, -0.2) is 32.7 Å². The number of amides is 1. The van der Waals surface area contributed by atoms with Gasteiger partial charge in [0.1, 0.15) is 11.0 Å². The number of aromatic nitrogens is 3. The van der Waals surface area contributed by atoms with Gasteiger partial charge in [-0.25, -0.2) is 4.98 Å². The largest absolute Gasteiger partial charge is 0.355 e. The minimum Gasteiger partial charge on any atom is -0.355 e. The van der Waals surface area contributed by atoms with Gasteiger partial charge in [-0.05, 0) is 37.0 Å². The van der Waals surface area contributed by atoms with Crippen molar-refractivity contribution in [1.82, 2.24) is 14.5 Å². The number of hydrogen-bond donors (Lipinski definition) is 1. The number of rotatable bonds is 5. The van der Waals surface area contributed by atoms with Crippen molar-refractivity contribution >= 4 is 34.4 Å². The van der Waals surface area contributed by atoms with Gasteiger partial charge in [-0.1, -0.05) is 60.3 Å². The topological polar surface area (TPSA) is 71.0 Å². The number of benzene rings is 2. The van der Waals surface area contributed by atoms with Crippen LogP contribution in [0.4, 0.5) is 5.69 Å². The molecular weight excluding hydrogens is 420 g/mol. The summed E-state index contributed by atoms with van der Waals surface area (Å²) in [6, 6.07) is 18.0. The van der Waals surface area contributed by atoms with E-state index in [4.69, 9.17) is 4.98 Å². The molecule has 0 saturated carbocycles. The van der Waals surface area contributed by atoms with Gasteiger partial charge in [0.2, 0.25) is 5.91 Å². The monoisotopic (exact) mass is 444 g/mol. The zero-order valence-corrected chi connectivity index (χ0v) is 18.7. The lowest BCUT2D eigenvalue weighted by Gasteiger charge is -2.29. The van der Waals surface area contributed by atoms with Crippen molar-refractivity contribution in [2.75, 3.05) is 17.2 Å². The Hall–Kier alpha value is -3.32. The van der Waals surface area contributed by atoms with E-state index in [0.29, 0.717) is 22.7 Å². The maximum absolute atomic E-state index is 13.1. The second-order valence-corrected chi connectivity index (χ2v) is 8.74. The molecule has 1 aliphatic rings. The molecule has 3 heterocycles. The van der Waals surface area contributed by atoms with E-state index in [0.717, 1.165) is 36.2 Å². The molecule has 5 rings (SSSR count). The van der Waals surface area contributed by atoms with Crippen molar-refractivity contribution in [3.8, 4) is 11.1 Å². The summed E-state index contributed by atoms with van der Waals surface area (Å²) >= 11 is 1.33. The van der Waals surface area contributed by atoms with Crippen molar-refractivity contribution in [3.05, 3.63) is 76.7 Å². The van der Waals surface area contributed by atoms with Crippen LogP contribution in [0.25, 0.3) is 22.2 Å². The van der Waals surface area contributed by atoms with Gasteiger partial charge in [0, 0.05) is 30.5 Å². The Morgan fingerprint density at radius 1 is 1.12 bits per heavy atom.